The normalized spacial score (nSPS) is 10.9. The monoisotopic (exact) mass is 200 g/mol. The lowest BCUT2D eigenvalue weighted by Gasteiger charge is -1.93. The van der Waals surface area contributed by atoms with E-state index >= 15 is 0 Å². The van der Waals surface area contributed by atoms with E-state index in [2.05, 4.69) is 10.3 Å². The Kier molecular flexibility index (Phi) is 1.53. The molecule has 15 heavy (non-hydrogen) atoms. The van der Waals surface area contributed by atoms with Gasteiger partial charge in [0.15, 0.2) is 0 Å². The topological polar surface area (TPSA) is 69.9 Å². The lowest BCUT2D eigenvalue weighted by Crippen LogP contribution is -2.07. The molecule has 0 radical (unpaired) electrons. The summed E-state index contributed by atoms with van der Waals surface area (Å²) < 4.78 is 5.06. The maximum atomic E-state index is 5.50. The third kappa shape index (κ3) is 1.17. The standard InChI is InChI=1S/C10H8N4O/c11-14-6-8-9(13-15-10(8)12-14)7-4-2-1-3-5-7/h1-6H,11H2. The van der Waals surface area contributed by atoms with Crippen molar-refractivity contribution in [3.63, 3.8) is 0 Å². The van der Waals surface area contributed by atoms with Crippen LogP contribution in [0.25, 0.3) is 22.4 Å². The number of aromatic nitrogens is 3. The van der Waals surface area contributed by atoms with Gasteiger partial charge in [0, 0.05) is 5.56 Å². The number of hydrogen-bond acceptors (Lipinski definition) is 4. The summed E-state index contributed by atoms with van der Waals surface area (Å²) >= 11 is 0. The number of nitrogens with two attached hydrogens (primary N) is 1. The van der Waals surface area contributed by atoms with Gasteiger partial charge >= 0.3 is 0 Å². The Morgan fingerprint density at radius 2 is 2.00 bits per heavy atom. The van der Waals surface area contributed by atoms with Crippen LogP contribution in [0.15, 0.2) is 41.1 Å². The quantitative estimate of drug-likeness (QED) is 0.603. The van der Waals surface area contributed by atoms with E-state index in [0.717, 1.165) is 16.6 Å². The zero-order chi connectivity index (χ0) is 10.3. The van der Waals surface area contributed by atoms with Crippen molar-refractivity contribution in [3.8, 4) is 11.3 Å². The lowest BCUT2D eigenvalue weighted by atomic mass is 10.1. The second-order valence-corrected chi connectivity index (χ2v) is 3.23. The van der Waals surface area contributed by atoms with Crippen molar-refractivity contribution < 1.29 is 4.52 Å². The number of rotatable bonds is 1. The molecule has 2 heterocycles. The first-order valence-corrected chi connectivity index (χ1v) is 4.50. The van der Waals surface area contributed by atoms with E-state index in [-0.39, 0.29) is 0 Å². The van der Waals surface area contributed by atoms with Crippen LogP contribution in [0.4, 0.5) is 0 Å². The maximum absolute atomic E-state index is 5.50. The molecule has 5 nitrogen and oxygen atoms in total. The highest BCUT2D eigenvalue weighted by Gasteiger charge is 2.12. The summed E-state index contributed by atoms with van der Waals surface area (Å²) in [4.78, 5) is 1.22. The first-order valence-electron chi connectivity index (χ1n) is 4.50. The summed E-state index contributed by atoms with van der Waals surface area (Å²) in [7, 11) is 0. The first kappa shape index (κ1) is 8.05. The van der Waals surface area contributed by atoms with Gasteiger partial charge in [0.05, 0.1) is 11.6 Å². The van der Waals surface area contributed by atoms with Gasteiger partial charge in [-0.15, -0.1) is 5.10 Å². The fourth-order valence-corrected chi connectivity index (χ4v) is 1.55. The number of benzene rings is 1. The average molecular weight is 200 g/mol. The maximum Gasteiger partial charge on any atom is 0.278 e. The molecular weight excluding hydrogens is 192 g/mol. The largest absolute Gasteiger partial charge is 0.333 e. The molecular formula is C10H8N4O. The Morgan fingerprint density at radius 3 is 2.80 bits per heavy atom. The number of nitrogens with zero attached hydrogens (tertiary/aromatic N) is 3. The zero-order valence-corrected chi connectivity index (χ0v) is 7.79. The Balaban J connectivity index is 2.27. The molecule has 0 bridgehead atoms. The van der Waals surface area contributed by atoms with Crippen molar-refractivity contribution in [2.45, 2.75) is 0 Å². The molecule has 1 aromatic carbocycles. The van der Waals surface area contributed by atoms with Gasteiger partial charge in [-0.3, -0.25) is 0 Å². The highest BCUT2D eigenvalue weighted by molar-refractivity contribution is 5.88. The molecule has 0 aliphatic heterocycles. The van der Waals surface area contributed by atoms with E-state index in [4.69, 9.17) is 10.4 Å². The van der Waals surface area contributed by atoms with Crippen LogP contribution in [-0.4, -0.2) is 15.0 Å². The van der Waals surface area contributed by atoms with Crippen LogP contribution in [0, 0.1) is 0 Å². The molecule has 3 aromatic rings. The predicted molar refractivity (Wildman–Crippen MR) is 55.4 cm³/mol. The second kappa shape index (κ2) is 2.84. The van der Waals surface area contributed by atoms with Crippen LogP contribution in [0.2, 0.25) is 0 Å². The van der Waals surface area contributed by atoms with Gasteiger partial charge < -0.3 is 10.4 Å². The van der Waals surface area contributed by atoms with Crippen LogP contribution < -0.4 is 5.84 Å². The second-order valence-electron chi connectivity index (χ2n) is 3.23. The summed E-state index contributed by atoms with van der Waals surface area (Å²) in [6.07, 6.45) is 1.69. The minimum Gasteiger partial charge on any atom is -0.333 e. The predicted octanol–water partition coefficient (Wildman–Crippen LogP) is 1.41. The van der Waals surface area contributed by atoms with E-state index in [1.165, 1.54) is 4.79 Å². The summed E-state index contributed by atoms with van der Waals surface area (Å²) in [5.41, 5.74) is 2.21. The van der Waals surface area contributed by atoms with E-state index < -0.39 is 0 Å². The molecule has 5 heteroatoms. The van der Waals surface area contributed by atoms with Gasteiger partial charge in [-0.2, -0.15) is 4.79 Å². The van der Waals surface area contributed by atoms with Gasteiger partial charge in [-0.05, 0) is 0 Å². The van der Waals surface area contributed by atoms with Crippen LogP contribution in [0.1, 0.15) is 0 Å². The molecule has 0 saturated heterocycles. The highest BCUT2D eigenvalue weighted by atomic mass is 16.5. The molecule has 0 unspecified atom stereocenters. The summed E-state index contributed by atoms with van der Waals surface area (Å²) in [5, 5.41) is 8.71. The van der Waals surface area contributed by atoms with E-state index in [1.54, 1.807) is 6.20 Å². The van der Waals surface area contributed by atoms with Gasteiger partial charge in [-0.25, -0.2) is 0 Å². The van der Waals surface area contributed by atoms with Crippen molar-refractivity contribution in [3.05, 3.63) is 36.5 Å². The summed E-state index contributed by atoms with van der Waals surface area (Å²) in [6.45, 7) is 0. The Morgan fingerprint density at radius 1 is 1.20 bits per heavy atom. The van der Waals surface area contributed by atoms with Crippen molar-refractivity contribution in [2.75, 3.05) is 5.84 Å². The van der Waals surface area contributed by atoms with Gasteiger partial charge in [0.25, 0.3) is 5.71 Å². The molecule has 3 rings (SSSR count). The summed E-state index contributed by atoms with van der Waals surface area (Å²) in [5.74, 6) is 5.50. The van der Waals surface area contributed by atoms with Gasteiger partial charge in [0.1, 0.15) is 5.69 Å². The van der Waals surface area contributed by atoms with Crippen LogP contribution in [0.5, 0.6) is 0 Å². The van der Waals surface area contributed by atoms with E-state index in [1.807, 2.05) is 30.3 Å². The molecule has 0 atom stereocenters. The molecule has 0 aliphatic carbocycles. The highest BCUT2D eigenvalue weighted by Crippen LogP contribution is 2.26. The van der Waals surface area contributed by atoms with Crippen molar-refractivity contribution in [1.29, 1.82) is 0 Å². The smallest absolute Gasteiger partial charge is 0.278 e. The third-order valence-corrected chi connectivity index (χ3v) is 2.22. The number of fused-ring (bicyclic) bond motifs is 1. The number of hydrogen-bond donors (Lipinski definition) is 1. The average Bonchev–Trinajstić information content (AvgIpc) is 2.77. The van der Waals surface area contributed by atoms with Gasteiger partial charge in [0.2, 0.25) is 0 Å². The first-order chi connectivity index (χ1) is 7.34. The molecule has 0 amide bonds. The fourth-order valence-electron chi connectivity index (χ4n) is 1.55. The molecule has 0 saturated carbocycles. The minimum atomic E-state index is 0.455. The fraction of sp³-hybridized carbons (Fsp3) is 0. The Hall–Kier alpha value is -2.30. The van der Waals surface area contributed by atoms with E-state index in [0.29, 0.717) is 5.71 Å². The van der Waals surface area contributed by atoms with Crippen molar-refractivity contribution >= 4 is 11.1 Å². The number of nitrogen functional groups attached to an aromatic ring is 1. The Bertz CT molecular complexity index is 596. The minimum absolute atomic E-state index is 0.455. The van der Waals surface area contributed by atoms with Crippen LogP contribution in [-0.2, 0) is 0 Å². The van der Waals surface area contributed by atoms with Crippen molar-refractivity contribution in [1.82, 2.24) is 15.0 Å². The lowest BCUT2D eigenvalue weighted by molar-refractivity contribution is 0.446. The van der Waals surface area contributed by atoms with E-state index in [9.17, 15) is 0 Å². The van der Waals surface area contributed by atoms with Crippen molar-refractivity contribution in [2.24, 2.45) is 0 Å². The van der Waals surface area contributed by atoms with Gasteiger partial charge in [-0.1, -0.05) is 35.5 Å². The molecule has 74 valence electrons. The molecule has 2 aromatic heterocycles. The molecule has 0 aliphatic rings. The zero-order valence-electron chi connectivity index (χ0n) is 7.79. The van der Waals surface area contributed by atoms with Crippen LogP contribution in [0.3, 0.4) is 0 Å². The molecule has 0 fully saturated rings. The molecule has 0 spiro atoms. The molecule has 2 N–H and O–H groups in total. The van der Waals surface area contributed by atoms with Crippen LogP contribution >= 0.6 is 0 Å². The summed E-state index contributed by atoms with van der Waals surface area (Å²) in [6, 6.07) is 9.77. The SMILES string of the molecule is Nn1cc2c(-c3ccccc3)noc2n1. The Labute approximate surface area is 85.1 Å². The third-order valence-electron chi connectivity index (χ3n) is 2.22.